The van der Waals surface area contributed by atoms with Gasteiger partial charge < -0.3 is 14.5 Å². The van der Waals surface area contributed by atoms with Crippen LogP contribution in [0.2, 0.25) is 0 Å². The number of hydrogen-bond donors (Lipinski definition) is 1. The molecular weight excluding hydrogens is 344 g/mol. The van der Waals surface area contributed by atoms with Crippen molar-refractivity contribution in [3.63, 3.8) is 0 Å². The average molecular weight is 362 g/mol. The number of anilines is 1. The summed E-state index contributed by atoms with van der Waals surface area (Å²) in [5.41, 5.74) is 3.82. The normalized spacial score (nSPS) is 10.9. The lowest BCUT2D eigenvalue weighted by molar-refractivity contribution is 0.0996. The van der Waals surface area contributed by atoms with Gasteiger partial charge in [-0.3, -0.25) is 4.79 Å². The molecule has 4 rings (SSSR count). The first-order chi connectivity index (χ1) is 13.1. The summed E-state index contributed by atoms with van der Waals surface area (Å²) in [4.78, 5) is 13.8. The number of rotatable bonds is 5. The fourth-order valence-corrected chi connectivity index (χ4v) is 2.75. The van der Waals surface area contributed by atoms with Gasteiger partial charge in [-0.2, -0.15) is 4.80 Å². The largest absolute Gasteiger partial charge is 0.494 e. The van der Waals surface area contributed by atoms with Crippen molar-refractivity contribution in [2.45, 2.75) is 13.8 Å². The zero-order valence-electron chi connectivity index (χ0n) is 15.0. The molecule has 7 heteroatoms. The van der Waals surface area contributed by atoms with Gasteiger partial charge in [0, 0.05) is 5.69 Å². The molecule has 0 aliphatic rings. The van der Waals surface area contributed by atoms with E-state index in [0.29, 0.717) is 17.8 Å². The highest BCUT2D eigenvalue weighted by Gasteiger charge is 2.13. The van der Waals surface area contributed by atoms with E-state index in [1.807, 2.05) is 50.2 Å². The number of furan rings is 1. The predicted octanol–water partition coefficient (Wildman–Crippen LogP) is 3.97. The van der Waals surface area contributed by atoms with Crippen LogP contribution in [0, 0.1) is 6.92 Å². The number of benzene rings is 2. The zero-order chi connectivity index (χ0) is 18.8. The fraction of sp³-hybridized carbons (Fsp3) is 0.150. The summed E-state index contributed by atoms with van der Waals surface area (Å²) in [7, 11) is 0. The van der Waals surface area contributed by atoms with Crippen LogP contribution in [0.5, 0.6) is 5.75 Å². The van der Waals surface area contributed by atoms with Gasteiger partial charge in [-0.15, -0.1) is 10.2 Å². The first kappa shape index (κ1) is 16.8. The average Bonchev–Trinajstić information content (AvgIpc) is 3.32. The van der Waals surface area contributed by atoms with Crippen molar-refractivity contribution in [2.24, 2.45) is 0 Å². The van der Waals surface area contributed by atoms with Gasteiger partial charge in [-0.05, 0) is 67.9 Å². The molecule has 0 atom stereocenters. The van der Waals surface area contributed by atoms with Crippen LogP contribution >= 0.6 is 0 Å². The summed E-state index contributed by atoms with van der Waals surface area (Å²) in [6.45, 7) is 4.47. The quantitative estimate of drug-likeness (QED) is 0.581. The fourth-order valence-electron chi connectivity index (χ4n) is 2.75. The number of carbonyl (C=O) groups excluding carboxylic acids is 1. The molecular formula is C20H18N4O3. The Labute approximate surface area is 155 Å². The van der Waals surface area contributed by atoms with Crippen LogP contribution in [0.25, 0.3) is 16.7 Å². The van der Waals surface area contributed by atoms with Gasteiger partial charge in [-0.1, -0.05) is 0 Å². The monoisotopic (exact) mass is 362 g/mol. The minimum absolute atomic E-state index is 0.257. The Morgan fingerprint density at radius 3 is 2.56 bits per heavy atom. The van der Waals surface area contributed by atoms with Crippen molar-refractivity contribution >= 4 is 22.6 Å². The highest BCUT2D eigenvalue weighted by atomic mass is 16.5. The molecule has 1 amide bonds. The van der Waals surface area contributed by atoms with E-state index in [-0.39, 0.29) is 11.7 Å². The number of fused-ring (bicyclic) bond motifs is 1. The van der Waals surface area contributed by atoms with Crippen LogP contribution in [0.15, 0.2) is 59.2 Å². The molecule has 2 aromatic carbocycles. The molecule has 1 N–H and O–H groups in total. The lowest BCUT2D eigenvalue weighted by Crippen LogP contribution is -2.11. The van der Waals surface area contributed by atoms with E-state index in [0.717, 1.165) is 22.5 Å². The van der Waals surface area contributed by atoms with Gasteiger partial charge in [0.1, 0.15) is 16.8 Å². The lowest BCUT2D eigenvalue weighted by atomic mass is 10.1. The molecule has 0 fully saturated rings. The van der Waals surface area contributed by atoms with E-state index in [1.54, 1.807) is 16.9 Å². The lowest BCUT2D eigenvalue weighted by Gasteiger charge is -2.06. The Bertz CT molecular complexity index is 1080. The minimum atomic E-state index is -0.304. The topological polar surface area (TPSA) is 82.2 Å². The molecule has 2 heterocycles. The van der Waals surface area contributed by atoms with Crippen molar-refractivity contribution in [1.29, 1.82) is 0 Å². The highest BCUT2D eigenvalue weighted by molar-refractivity contribution is 6.03. The summed E-state index contributed by atoms with van der Waals surface area (Å²) < 4.78 is 10.6. The van der Waals surface area contributed by atoms with E-state index >= 15 is 0 Å². The van der Waals surface area contributed by atoms with Gasteiger partial charge in [-0.25, -0.2) is 0 Å². The van der Waals surface area contributed by atoms with Gasteiger partial charge in [0.2, 0.25) is 0 Å². The second-order valence-corrected chi connectivity index (χ2v) is 6.00. The number of nitrogens with zero attached hydrogens (tertiary/aromatic N) is 3. The summed E-state index contributed by atoms with van der Waals surface area (Å²) in [6, 6.07) is 14.6. The smallest absolute Gasteiger partial charge is 0.291 e. The number of aryl methyl sites for hydroxylation is 1. The highest BCUT2D eigenvalue weighted by Crippen LogP contribution is 2.23. The Balaban J connectivity index is 1.63. The summed E-state index contributed by atoms with van der Waals surface area (Å²) in [5.74, 6) is 0.755. The van der Waals surface area contributed by atoms with Crippen LogP contribution in [0.3, 0.4) is 0 Å². The van der Waals surface area contributed by atoms with Gasteiger partial charge >= 0.3 is 0 Å². The first-order valence-corrected chi connectivity index (χ1v) is 8.60. The maximum absolute atomic E-state index is 12.2. The van der Waals surface area contributed by atoms with E-state index in [4.69, 9.17) is 9.15 Å². The molecule has 0 aliphatic heterocycles. The molecule has 136 valence electrons. The molecule has 2 aromatic heterocycles. The van der Waals surface area contributed by atoms with Crippen LogP contribution in [0.1, 0.15) is 23.0 Å². The number of hydrogen-bond acceptors (Lipinski definition) is 5. The summed E-state index contributed by atoms with van der Waals surface area (Å²) >= 11 is 0. The first-order valence-electron chi connectivity index (χ1n) is 8.60. The molecule has 0 bridgehead atoms. The maximum atomic E-state index is 12.2. The molecule has 4 aromatic rings. The molecule has 0 spiro atoms. The van der Waals surface area contributed by atoms with Crippen molar-refractivity contribution in [2.75, 3.05) is 11.9 Å². The van der Waals surface area contributed by atoms with Crippen molar-refractivity contribution in [3.8, 4) is 11.4 Å². The number of amides is 1. The Morgan fingerprint density at radius 1 is 1.15 bits per heavy atom. The Morgan fingerprint density at radius 2 is 1.89 bits per heavy atom. The molecule has 0 radical (unpaired) electrons. The van der Waals surface area contributed by atoms with Crippen molar-refractivity contribution in [3.05, 3.63) is 66.1 Å². The second-order valence-electron chi connectivity index (χ2n) is 6.00. The third-order valence-electron chi connectivity index (χ3n) is 4.10. The van der Waals surface area contributed by atoms with Crippen molar-refractivity contribution < 1.29 is 13.9 Å². The third kappa shape index (κ3) is 3.39. The molecule has 0 unspecified atom stereocenters. The molecule has 7 nitrogen and oxygen atoms in total. The number of nitrogens with one attached hydrogen (secondary N) is 1. The van der Waals surface area contributed by atoms with Crippen LogP contribution < -0.4 is 10.1 Å². The van der Waals surface area contributed by atoms with Crippen LogP contribution in [-0.2, 0) is 0 Å². The van der Waals surface area contributed by atoms with E-state index < -0.39 is 0 Å². The Hall–Kier alpha value is -3.61. The van der Waals surface area contributed by atoms with E-state index in [9.17, 15) is 4.79 Å². The Kier molecular flexibility index (Phi) is 4.33. The standard InChI is InChI=1S/C20H18N4O3/c1-3-26-15-8-6-14(7-9-15)24-22-17-11-13(2)16(12-18(17)23-24)21-20(25)19-5-4-10-27-19/h4-12H,3H2,1-2H3,(H,21,25). The second kappa shape index (κ2) is 6.95. The predicted molar refractivity (Wildman–Crippen MR) is 101 cm³/mol. The van der Waals surface area contributed by atoms with Crippen molar-refractivity contribution in [1.82, 2.24) is 15.0 Å². The SMILES string of the molecule is CCOc1ccc(-n2nc3cc(C)c(NC(=O)c4ccco4)cc3n2)cc1. The van der Waals surface area contributed by atoms with Crippen LogP contribution in [0.4, 0.5) is 5.69 Å². The van der Waals surface area contributed by atoms with Crippen LogP contribution in [-0.4, -0.2) is 27.5 Å². The number of ether oxygens (including phenoxy) is 1. The van der Waals surface area contributed by atoms with E-state index in [1.165, 1.54) is 6.26 Å². The maximum Gasteiger partial charge on any atom is 0.291 e. The molecule has 27 heavy (non-hydrogen) atoms. The number of carbonyl (C=O) groups is 1. The molecule has 0 saturated heterocycles. The minimum Gasteiger partial charge on any atom is -0.494 e. The molecule has 0 saturated carbocycles. The zero-order valence-corrected chi connectivity index (χ0v) is 15.0. The van der Waals surface area contributed by atoms with Gasteiger partial charge in [0.25, 0.3) is 5.91 Å². The van der Waals surface area contributed by atoms with Gasteiger partial charge in [0.05, 0.1) is 18.6 Å². The third-order valence-corrected chi connectivity index (χ3v) is 4.10. The molecule has 0 aliphatic carbocycles. The summed E-state index contributed by atoms with van der Waals surface area (Å²) in [6.07, 6.45) is 1.47. The van der Waals surface area contributed by atoms with E-state index in [2.05, 4.69) is 15.5 Å². The number of aromatic nitrogens is 3. The van der Waals surface area contributed by atoms with Gasteiger partial charge in [0.15, 0.2) is 5.76 Å². The summed E-state index contributed by atoms with van der Waals surface area (Å²) in [5, 5.41) is 11.9.